The number of hydrogen-bond donors (Lipinski definition) is 0. The Bertz CT molecular complexity index is 519. The lowest BCUT2D eigenvalue weighted by atomic mass is 9.84. The van der Waals surface area contributed by atoms with Gasteiger partial charge in [0.05, 0.1) is 19.1 Å². The zero-order chi connectivity index (χ0) is 17.1. The van der Waals surface area contributed by atoms with Crippen LogP contribution in [0.5, 0.6) is 0 Å². The van der Waals surface area contributed by atoms with E-state index in [1.165, 1.54) is 5.56 Å². The molecule has 0 N–H and O–H groups in total. The van der Waals surface area contributed by atoms with Crippen LogP contribution in [-0.2, 0) is 20.9 Å². The van der Waals surface area contributed by atoms with Crippen molar-refractivity contribution in [2.24, 2.45) is 11.3 Å². The van der Waals surface area contributed by atoms with E-state index in [-0.39, 0.29) is 23.4 Å². The minimum atomic E-state index is -1.25. The Morgan fingerprint density at radius 3 is 2.48 bits per heavy atom. The van der Waals surface area contributed by atoms with Crippen molar-refractivity contribution in [3.63, 3.8) is 0 Å². The van der Waals surface area contributed by atoms with E-state index in [1.54, 1.807) is 0 Å². The summed E-state index contributed by atoms with van der Waals surface area (Å²) in [6.45, 7) is 12.4. The number of esters is 1. The van der Waals surface area contributed by atoms with E-state index in [0.29, 0.717) is 13.2 Å². The highest BCUT2D eigenvalue weighted by atomic mass is 28.3. The molecular formula is C19H30O3Si. The number of cyclic esters (lactones) is 1. The van der Waals surface area contributed by atoms with Crippen LogP contribution < -0.4 is 0 Å². The number of rotatable bonds is 7. The van der Waals surface area contributed by atoms with Crippen molar-refractivity contribution in [3.05, 3.63) is 35.9 Å². The molecule has 3 nitrogen and oxygen atoms in total. The maximum absolute atomic E-state index is 12.2. The van der Waals surface area contributed by atoms with Crippen LogP contribution in [0.4, 0.5) is 0 Å². The molecule has 0 bridgehead atoms. The van der Waals surface area contributed by atoms with E-state index in [0.717, 1.165) is 12.5 Å². The topological polar surface area (TPSA) is 35.5 Å². The summed E-state index contributed by atoms with van der Waals surface area (Å²) in [6.07, 6.45) is 0.803. The molecule has 0 unspecified atom stereocenters. The molecule has 0 spiro atoms. The quantitative estimate of drug-likeness (QED) is 0.544. The molecule has 0 saturated carbocycles. The average molecular weight is 335 g/mol. The monoisotopic (exact) mass is 334 g/mol. The molecule has 1 aliphatic rings. The van der Waals surface area contributed by atoms with Gasteiger partial charge in [-0.1, -0.05) is 63.8 Å². The first-order valence-corrected chi connectivity index (χ1v) is 12.2. The highest BCUT2D eigenvalue weighted by Crippen LogP contribution is 2.38. The maximum Gasteiger partial charge on any atom is 0.309 e. The van der Waals surface area contributed by atoms with Crippen molar-refractivity contribution >= 4 is 14.0 Å². The van der Waals surface area contributed by atoms with Gasteiger partial charge in [0.2, 0.25) is 0 Å². The molecule has 1 fully saturated rings. The van der Waals surface area contributed by atoms with E-state index < -0.39 is 8.07 Å². The molecule has 2 atom stereocenters. The van der Waals surface area contributed by atoms with Gasteiger partial charge in [-0.05, 0) is 18.0 Å². The number of carbonyl (C=O) groups excluding carboxylic acids is 1. The lowest BCUT2D eigenvalue weighted by molar-refractivity contribution is -0.149. The third-order valence-electron chi connectivity index (χ3n) is 4.41. The first-order chi connectivity index (χ1) is 10.7. The molecule has 2 rings (SSSR count). The van der Waals surface area contributed by atoms with Crippen LogP contribution in [0.3, 0.4) is 0 Å². The summed E-state index contributed by atoms with van der Waals surface area (Å²) in [7, 11) is -1.25. The van der Waals surface area contributed by atoms with Crippen LogP contribution >= 0.6 is 0 Å². The predicted octanol–water partition coefficient (Wildman–Crippen LogP) is 4.50. The molecule has 1 aromatic carbocycles. The van der Waals surface area contributed by atoms with Crippen molar-refractivity contribution in [1.29, 1.82) is 0 Å². The number of carbonyl (C=O) groups is 1. The van der Waals surface area contributed by atoms with Crippen molar-refractivity contribution in [2.75, 3.05) is 6.61 Å². The second-order valence-electron chi connectivity index (χ2n) is 8.59. The Hall–Kier alpha value is -1.13. The van der Waals surface area contributed by atoms with Crippen LogP contribution in [0.25, 0.3) is 0 Å². The second-order valence-corrected chi connectivity index (χ2v) is 14.1. The third-order valence-corrected chi connectivity index (χ3v) is 6.12. The minimum Gasteiger partial charge on any atom is -0.461 e. The van der Waals surface area contributed by atoms with Crippen LogP contribution in [0.1, 0.15) is 25.8 Å². The minimum absolute atomic E-state index is 0.00596. The Balaban J connectivity index is 1.86. The molecule has 0 radical (unpaired) electrons. The molecule has 0 aromatic heterocycles. The Morgan fingerprint density at radius 1 is 1.22 bits per heavy atom. The van der Waals surface area contributed by atoms with Gasteiger partial charge in [0.25, 0.3) is 0 Å². The molecule has 1 aromatic rings. The summed E-state index contributed by atoms with van der Waals surface area (Å²) in [5, 5.41) is 0. The fourth-order valence-corrected chi connectivity index (χ4v) is 4.93. The highest BCUT2D eigenvalue weighted by Gasteiger charge is 2.44. The predicted molar refractivity (Wildman–Crippen MR) is 96.0 cm³/mol. The van der Waals surface area contributed by atoms with Gasteiger partial charge in [0.1, 0.15) is 6.10 Å². The molecule has 0 amide bonds. The van der Waals surface area contributed by atoms with Gasteiger partial charge in [-0.15, -0.1) is 0 Å². The summed E-state index contributed by atoms with van der Waals surface area (Å²) in [5.41, 5.74) is 1.02. The number of hydrogen-bond acceptors (Lipinski definition) is 3. The van der Waals surface area contributed by atoms with Gasteiger partial charge in [-0.25, -0.2) is 0 Å². The van der Waals surface area contributed by atoms with Gasteiger partial charge < -0.3 is 9.47 Å². The summed E-state index contributed by atoms with van der Waals surface area (Å²) < 4.78 is 11.6. The maximum atomic E-state index is 12.2. The van der Waals surface area contributed by atoms with Crippen molar-refractivity contribution < 1.29 is 14.3 Å². The highest BCUT2D eigenvalue weighted by molar-refractivity contribution is 6.76. The van der Waals surface area contributed by atoms with Crippen molar-refractivity contribution in [3.8, 4) is 0 Å². The van der Waals surface area contributed by atoms with E-state index in [4.69, 9.17) is 9.47 Å². The van der Waals surface area contributed by atoms with Gasteiger partial charge in [-0.2, -0.15) is 0 Å². The molecule has 23 heavy (non-hydrogen) atoms. The molecular weight excluding hydrogens is 304 g/mol. The Morgan fingerprint density at radius 2 is 1.87 bits per heavy atom. The zero-order valence-electron chi connectivity index (χ0n) is 15.1. The fourth-order valence-electron chi connectivity index (χ4n) is 3.12. The normalized spacial score (nSPS) is 22.2. The van der Waals surface area contributed by atoms with Crippen LogP contribution in [-0.4, -0.2) is 26.8 Å². The molecule has 1 aliphatic heterocycles. The molecule has 128 valence electrons. The number of ether oxygens (including phenoxy) is 2. The summed E-state index contributed by atoms with van der Waals surface area (Å²) in [6, 6.07) is 11.2. The second kappa shape index (κ2) is 7.18. The molecule has 1 heterocycles. The molecule has 4 heteroatoms. The SMILES string of the molecule is CC(C)(COCc1ccccc1)[C@@H]1C[C@H](C[Si](C)(C)C)C(=O)O1. The zero-order valence-corrected chi connectivity index (χ0v) is 16.1. The average Bonchev–Trinajstić information content (AvgIpc) is 2.80. The molecule has 1 saturated heterocycles. The lowest BCUT2D eigenvalue weighted by Crippen LogP contribution is -2.34. The van der Waals surface area contributed by atoms with E-state index >= 15 is 0 Å². The third kappa shape index (κ3) is 5.46. The van der Waals surface area contributed by atoms with E-state index in [2.05, 4.69) is 45.6 Å². The summed E-state index contributed by atoms with van der Waals surface area (Å²) in [5.74, 6) is 0.0774. The summed E-state index contributed by atoms with van der Waals surface area (Å²) in [4.78, 5) is 12.2. The van der Waals surface area contributed by atoms with E-state index in [1.807, 2.05) is 18.2 Å². The summed E-state index contributed by atoms with van der Waals surface area (Å²) >= 11 is 0. The fraction of sp³-hybridized carbons (Fsp3) is 0.632. The standard InChI is InChI=1S/C19H30O3Si/c1-19(2,14-21-12-15-9-7-6-8-10-15)17-11-16(18(20)22-17)13-23(3,4)5/h6-10,16-17H,11-14H2,1-5H3/t16-,17+/m1/s1. The Kier molecular flexibility index (Phi) is 5.68. The van der Waals surface area contributed by atoms with Gasteiger partial charge >= 0.3 is 5.97 Å². The Labute approximate surface area is 141 Å². The van der Waals surface area contributed by atoms with Crippen LogP contribution in [0, 0.1) is 11.3 Å². The first kappa shape index (κ1) is 18.2. The van der Waals surface area contributed by atoms with Gasteiger partial charge in [0, 0.05) is 13.5 Å². The van der Waals surface area contributed by atoms with Gasteiger partial charge in [-0.3, -0.25) is 4.79 Å². The van der Waals surface area contributed by atoms with Crippen molar-refractivity contribution in [2.45, 2.75) is 58.7 Å². The largest absolute Gasteiger partial charge is 0.461 e. The molecule has 0 aliphatic carbocycles. The first-order valence-electron chi connectivity index (χ1n) is 8.49. The van der Waals surface area contributed by atoms with E-state index in [9.17, 15) is 4.79 Å². The van der Waals surface area contributed by atoms with Gasteiger partial charge in [0.15, 0.2) is 0 Å². The van der Waals surface area contributed by atoms with Crippen molar-refractivity contribution in [1.82, 2.24) is 0 Å². The smallest absolute Gasteiger partial charge is 0.309 e. The lowest BCUT2D eigenvalue weighted by Gasteiger charge is -2.30. The van der Waals surface area contributed by atoms with Crippen LogP contribution in [0.15, 0.2) is 30.3 Å². The van der Waals surface area contributed by atoms with Crippen LogP contribution in [0.2, 0.25) is 25.7 Å². The number of benzene rings is 1.